The maximum absolute atomic E-state index is 6.31. The monoisotopic (exact) mass is 242 g/mol. The van der Waals surface area contributed by atoms with Crippen LogP contribution in [0.5, 0.6) is 0 Å². The van der Waals surface area contributed by atoms with Crippen LogP contribution in [0.25, 0.3) is 0 Å². The minimum absolute atomic E-state index is 0.0409. The maximum Gasteiger partial charge on any atom is 0.0638 e. The van der Waals surface area contributed by atoms with Crippen molar-refractivity contribution < 1.29 is 4.74 Å². The first-order valence-electron chi connectivity index (χ1n) is 7.07. The summed E-state index contributed by atoms with van der Waals surface area (Å²) in [6.07, 6.45) is 5.61. The van der Waals surface area contributed by atoms with Gasteiger partial charge in [-0.2, -0.15) is 0 Å². The molecule has 1 heterocycles. The van der Waals surface area contributed by atoms with Gasteiger partial charge in [0.15, 0.2) is 0 Å². The van der Waals surface area contributed by atoms with Gasteiger partial charge < -0.3 is 10.5 Å². The fraction of sp³-hybridized carbons (Fsp3) is 1.00. The van der Waals surface area contributed by atoms with E-state index in [1.165, 1.54) is 38.8 Å². The molecule has 1 fully saturated rings. The molecule has 0 saturated carbocycles. The molecule has 17 heavy (non-hydrogen) atoms. The molecule has 0 aromatic rings. The van der Waals surface area contributed by atoms with Crippen molar-refractivity contribution in [2.45, 2.75) is 71.1 Å². The number of likely N-dealkylation sites (tertiary alicyclic amines) is 1. The van der Waals surface area contributed by atoms with Gasteiger partial charge in [-0.15, -0.1) is 0 Å². The van der Waals surface area contributed by atoms with Crippen molar-refractivity contribution in [3.8, 4) is 0 Å². The summed E-state index contributed by atoms with van der Waals surface area (Å²) in [6, 6.07) is 0.0861. The number of nitrogens with two attached hydrogens (primary N) is 1. The molecule has 1 rings (SSSR count). The van der Waals surface area contributed by atoms with Crippen LogP contribution in [0.2, 0.25) is 0 Å². The van der Waals surface area contributed by atoms with Crippen LogP contribution in [0.1, 0.15) is 53.4 Å². The average molecular weight is 242 g/mol. The number of hydrogen-bond acceptors (Lipinski definition) is 3. The first-order valence-corrected chi connectivity index (χ1v) is 7.07. The SMILES string of the molecule is CC(C)OCC(N)C(C)(C)N1CCCCCC1. The van der Waals surface area contributed by atoms with Gasteiger partial charge in [0.1, 0.15) is 0 Å². The molecule has 102 valence electrons. The molecule has 1 aliphatic rings. The molecule has 1 saturated heterocycles. The van der Waals surface area contributed by atoms with Gasteiger partial charge in [-0.25, -0.2) is 0 Å². The van der Waals surface area contributed by atoms with E-state index in [0.717, 1.165) is 0 Å². The highest BCUT2D eigenvalue weighted by Gasteiger charge is 2.33. The van der Waals surface area contributed by atoms with Crippen molar-refractivity contribution in [3.63, 3.8) is 0 Å². The highest BCUT2D eigenvalue weighted by molar-refractivity contribution is 4.92. The van der Waals surface area contributed by atoms with Crippen LogP contribution in [0, 0.1) is 0 Å². The molecule has 0 bridgehead atoms. The van der Waals surface area contributed by atoms with Crippen LogP contribution in [0.4, 0.5) is 0 Å². The van der Waals surface area contributed by atoms with Crippen LogP contribution >= 0.6 is 0 Å². The average Bonchev–Trinajstić information content (AvgIpc) is 2.54. The fourth-order valence-electron chi connectivity index (χ4n) is 2.38. The van der Waals surface area contributed by atoms with E-state index in [-0.39, 0.29) is 17.7 Å². The van der Waals surface area contributed by atoms with E-state index < -0.39 is 0 Å². The second-order valence-electron chi connectivity index (χ2n) is 6.04. The van der Waals surface area contributed by atoms with Gasteiger partial charge in [-0.1, -0.05) is 12.8 Å². The van der Waals surface area contributed by atoms with Crippen molar-refractivity contribution in [1.82, 2.24) is 4.90 Å². The Labute approximate surface area is 107 Å². The van der Waals surface area contributed by atoms with Crippen LogP contribution in [-0.4, -0.2) is 42.3 Å². The lowest BCUT2D eigenvalue weighted by molar-refractivity contribution is 0.0167. The van der Waals surface area contributed by atoms with E-state index in [9.17, 15) is 0 Å². The highest BCUT2D eigenvalue weighted by Crippen LogP contribution is 2.22. The molecular formula is C14H30N2O. The minimum Gasteiger partial charge on any atom is -0.377 e. The Bertz CT molecular complexity index is 208. The Morgan fingerprint density at radius 3 is 2.12 bits per heavy atom. The van der Waals surface area contributed by atoms with Gasteiger partial charge in [-0.05, 0) is 53.6 Å². The Kier molecular flexibility index (Phi) is 5.90. The Morgan fingerprint density at radius 1 is 1.12 bits per heavy atom. The van der Waals surface area contributed by atoms with E-state index in [2.05, 4.69) is 32.6 Å². The lowest BCUT2D eigenvalue weighted by atomic mass is 9.93. The molecule has 3 heteroatoms. The van der Waals surface area contributed by atoms with Crippen molar-refractivity contribution in [2.24, 2.45) is 5.73 Å². The highest BCUT2D eigenvalue weighted by atomic mass is 16.5. The molecule has 1 aliphatic heterocycles. The summed E-state index contributed by atoms with van der Waals surface area (Å²) < 4.78 is 5.66. The zero-order valence-corrected chi connectivity index (χ0v) is 12.0. The van der Waals surface area contributed by atoms with Crippen LogP contribution < -0.4 is 5.73 Å². The smallest absolute Gasteiger partial charge is 0.0638 e. The number of rotatable bonds is 5. The normalized spacial score (nSPS) is 21.5. The molecule has 2 N–H and O–H groups in total. The van der Waals surface area contributed by atoms with Gasteiger partial charge in [-0.3, -0.25) is 4.90 Å². The van der Waals surface area contributed by atoms with Crippen molar-refractivity contribution in [1.29, 1.82) is 0 Å². The van der Waals surface area contributed by atoms with E-state index in [1.54, 1.807) is 0 Å². The molecule has 1 unspecified atom stereocenters. The fourth-order valence-corrected chi connectivity index (χ4v) is 2.38. The molecule has 1 atom stereocenters. The summed E-state index contributed by atoms with van der Waals surface area (Å²) >= 11 is 0. The summed E-state index contributed by atoms with van der Waals surface area (Å²) in [5.74, 6) is 0. The van der Waals surface area contributed by atoms with Crippen LogP contribution in [0.15, 0.2) is 0 Å². The largest absolute Gasteiger partial charge is 0.377 e. The predicted octanol–water partition coefficient (Wildman–Crippen LogP) is 2.39. The van der Waals surface area contributed by atoms with Gasteiger partial charge in [0.2, 0.25) is 0 Å². The molecule has 3 nitrogen and oxygen atoms in total. The van der Waals surface area contributed by atoms with E-state index in [1.807, 2.05) is 0 Å². The second kappa shape index (κ2) is 6.72. The summed E-state index contributed by atoms with van der Waals surface area (Å²) in [6.45, 7) is 11.7. The predicted molar refractivity (Wildman–Crippen MR) is 73.2 cm³/mol. The zero-order valence-electron chi connectivity index (χ0n) is 12.0. The summed E-state index contributed by atoms with van der Waals surface area (Å²) in [7, 11) is 0. The van der Waals surface area contributed by atoms with E-state index in [0.29, 0.717) is 6.61 Å². The molecule has 0 aliphatic carbocycles. The zero-order chi connectivity index (χ0) is 12.9. The molecule has 0 amide bonds. The second-order valence-corrected chi connectivity index (χ2v) is 6.04. The van der Waals surface area contributed by atoms with E-state index in [4.69, 9.17) is 10.5 Å². The van der Waals surface area contributed by atoms with Gasteiger partial charge in [0.05, 0.1) is 12.7 Å². The Hall–Kier alpha value is -0.120. The molecular weight excluding hydrogens is 212 g/mol. The first kappa shape index (κ1) is 14.9. The van der Waals surface area contributed by atoms with Crippen LogP contribution in [-0.2, 0) is 4.74 Å². The summed E-state index contributed by atoms with van der Waals surface area (Å²) in [5, 5.41) is 0. The quantitative estimate of drug-likeness (QED) is 0.804. The third-order valence-electron chi connectivity index (χ3n) is 3.94. The standard InChI is InChI=1S/C14H30N2O/c1-12(2)17-11-13(15)14(3,4)16-9-7-5-6-8-10-16/h12-13H,5-11,15H2,1-4H3. The van der Waals surface area contributed by atoms with Crippen molar-refractivity contribution >= 4 is 0 Å². The minimum atomic E-state index is 0.0409. The lowest BCUT2D eigenvalue weighted by Crippen LogP contribution is -2.58. The summed E-state index contributed by atoms with van der Waals surface area (Å²) in [4.78, 5) is 2.55. The van der Waals surface area contributed by atoms with Gasteiger partial charge in [0, 0.05) is 11.6 Å². The third kappa shape index (κ3) is 4.57. The third-order valence-corrected chi connectivity index (χ3v) is 3.94. The van der Waals surface area contributed by atoms with E-state index >= 15 is 0 Å². The van der Waals surface area contributed by atoms with Crippen LogP contribution in [0.3, 0.4) is 0 Å². The topological polar surface area (TPSA) is 38.5 Å². The number of hydrogen-bond donors (Lipinski definition) is 1. The van der Waals surface area contributed by atoms with Crippen molar-refractivity contribution in [3.05, 3.63) is 0 Å². The Morgan fingerprint density at radius 2 is 1.65 bits per heavy atom. The first-order chi connectivity index (χ1) is 7.94. The lowest BCUT2D eigenvalue weighted by Gasteiger charge is -2.42. The molecule has 0 aromatic carbocycles. The number of ether oxygens (including phenoxy) is 1. The summed E-state index contributed by atoms with van der Waals surface area (Å²) in [5.41, 5.74) is 6.36. The Balaban J connectivity index is 2.51. The van der Waals surface area contributed by atoms with Crippen molar-refractivity contribution in [2.75, 3.05) is 19.7 Å². The van der Waals surface area contributed by atoms with Gasteiger partial charge >= 0.3 is 0 Å². The molecule has 0 spiro atoms. The maximum atomic E-state index is 6.31. The molecule has 0 radical (unpaired) electrons. The number of nitrogens with zero attached hydrogens (tertiary/aromatic N) is 1. The molecule has 0 aromatic heterocycles. The van der Waals surface area contributed by atoms with Gasteiger partial charge in [0.25, 0.3) is 0 Å².